The summed E-state index contributed by atoms with van der Waals surface area (Å²) in [5, 5.41) is 9.97. The first-order valence-corrected chi connectivity index (χ1v) is 7.86. The summed E-state index contributed by atoms with van der Waals surface area (Å²) < 4.78 is 5.16. The number of hydrogen-bond donors (Lipinski definition) is 0. The highest BCUT2D eigenvalue weighted by atomic mass is 35.5. The molecule has 22 heavy (non-hydrogen) atoms. The van der Waals surface area contributed by atoms with E-state index in [1.807, 2.05) is 0 Å². The minimum Gasteiger partial charge on any atom is -0.497 e. The van der Waals surface area contributed by atoms with Crippen molar-refractivity contribution in [3.8, 4) is 11.8 Å². The molecular formula is C15H8Cl5NO. The van der Waals surface area contributed by atoms with Gasteiger partial charge in [0.1, 0.15) is 5.75 Å². The Balaban J connectivity index is 2.70. The third-order valence-corrected chi connectivity index (χ3v) is 5.39. The molecule has 0 aliphatic carbocycles. The maximum Gasteiger partial charge on any atom is 0.119 e. The number of rotatable bonds is 3. The van der Waals surface area contributed by atoms with E-state index < -0.39 is 5.92 Å². The molecular weight excluding hydrogens is 387 g/mol. The molecule has 0 amide bonds. The maximum absolute atomic E-state index is 9.57. The number of ether oxygens (including phenoxy) is 1. The van der Waals surface area contributed by atoms with Crippen molar-refractivity contribution in [2.75, 3.05) is 7.11 Å². The van der Waals surface area contributed by atoms with Crippen LogP contribution in [0.3, 0.4) is 0 Å². The van der Waals surface area contributed by atoms with Crippen LogP contribution in [0.5, 0.6) is 5.75 Å². The normalized spacial score (nSPS) is 11.9. The predicted octanol–water partition coefficient (Wildman–Crippen LogP) is 6.62. The van der Waals surface area contributed by atoms with Crippen LogP contribution in [0.1, 0.15) is 17.0 Å². The van der Waals surface area contributed by atoms with Crippen LogP contribution in [0.4, 0.5) is 0 Å². The van der Waals surface area contributed by atoms with Crippen LogP contribution in [-0.2, 0) is 0 Å². The summed E-state index contributed by atoms with van der Waals surface area (Å²) in [7, 11) is 1.54. The minimum absolute atomic E-state index is 0.0596. The summed E-state index contributed by atoms with van der Waals surface area (Å²) in [6.07, 6.45) is 0. The second-order valence-electron chi connectivity index (χ2n) is 4.32. The van der Waals surface area contributed by atoms with E-state index in [1.54, 1.807) is 24.3 Å². The van der Waals surface area contributed by atoms with Crippen molar-refractivity contribution in [1.29, 1.82) is 5.26 Å². The molecule has 1 atom stereocenters. The Morgan fingerprint density at radius 1 is 0.955 bits per heavy atom. The van der Waals surface area contributed by atoms with Crippen molar-refractivity contribution in [2.45, 2.75) is 5.92 Å². The van der Waals surface area contributed by atoms with E-state index in [2.05, 4.69) is 6.07 Å². The van der Waals surface area contributed by atoms with Gasteiger partial charge in [0, 0.05) is 5.56 Å². The van der Waals surface area contributed by atoms with Gasteiger partial charge in [-0.25, -0.2) is 0 Å². The van der Waals surface area contributed by atoms with Crippen molar-refractivity contribution in [1.82, 2.24) is 0 Å². The van der Waals surface area contributed by atoms with Crippen LogP contribution in [0.2, 0.25) is 25.1 Å². The third kappa shape index (κ3) is 3.11. The van der Waals surface area contributed by atoms with Gasteiger partial charge >= 0.3 is 0 Å². The molecule has 0 radical (unpaired) electrons. The van der Waals surface area contributed by atoms with E-state index in [4.69, 9.17) is 62.7 Å². The van der Waals surface area contributed by atoms with E-state index in [1.165, 1.54) is 7.11 Å². The van der Waals surface area contributed by atoms with Crippen molar-refractivity contribution >= 4 is 58.0 Å². The molecule has 2 nitrogen and oxygen atoms in total. The molecule has 7 heteroatoms. The van der Waals surface area contributed by atoms with Crippen LogP contribution in [0.15, 0.2) is 24.3 Å². The quantitative estimate of drug-likeness (QED) is 0.432. The minimum atomic E-state index is -0.762. The molecule has 0 heterocycles. The van der Waals surface area contributed by atoms with Crippen molar-refractivity contribution < 1.29 is 4.74 Å². The lowest BCUT2D eigenvalue weighted by Gasteiger charge is -2.17. The SMILES string of the molecule is COc1cccc(C(C#N)c2c(Cl)c(Cl)c(Cl)c(Cl)c2Cl)c1. The fourth-order valence-electron chi connectivity index (χ4n) is 2.00. The molecule has 0 bridgehead atoms. The highest BCUT2D eigenvalue weighted by Crippen LogP contribution is 2.47. The van der Waals surface area contributed by atoms with E-state index in [0.29, 0.717) is 16.9 Å². The van der Waals surface area contributed by atoms with Gasteiger partial charge in [-0.2, -0.15) is 5.26 Å². The molecule has 0 fully saturated rings. The van der Waals surface area contributed by atoms with Gasteiger partial charge in [0.25, 0.3) is 0 Å². The number of nitrogens with zero attached hydrogens (tertiary/aromatic N) is 1. The summed E-state index contributed by atoms with van der Waals surface area (Å²) >= 11 is 30.6. The lowest BCUT2D eigenvalue weighted by Crippen LogP contribution is -2.02. The second kappa shape index (κ2) is 7.17. The van der Waals surface area contributed by atoms with E-state index >= 15 is 0 Å². The lowest BCUT2D eigenvalue weighted by atomic mass is 9.92. The zero-order valence-electron chi connectivity index (χ0n) is 11.1. The first-order chi connectivity index (χ1) is 10.4. The fourth-order valence-corrected chi connectivity index (χ4v) is 3.37. The Morgan fingerprint density at radius 2 is 1.50 bits per heavy atom. The van der Waals surface area contributed by atoms with Gasteiger partial charge < -0.3 is 4.74 Å². The average molecular weight is 396 g/mol. The van der Waals surface area contributed by atoms with Gasteiger partial charge in [0.05, 0.1) is 44.2 Å². The van der Waals surface area contributed by atoms with Crippen LogP contribution >= 0.6 is 58.0 Å². The molecule has 0 aliphatic heterocycles. The summed E-state index contributed by atoms with van der Waals surface area (Å²) in [6, 6.07) is 9.17. The molecule has 2 aromatic carbocycles. The molecule has 0 spiro atoms. The van der Waals surface area contributed by atoms with Crippen LogP contribution < -0.4 is 4.74 Å². The Kier molecular flexibility index (Phi) is 5.71. The van der Waals surface area contributed by atoms with Crippen molar-refractivity contribution in [3.05, 3.63) is 60.5 Å². The number of benzene rings is 2. The molecule has 2 aromatic rings. The van der Waals surface area contributed by atoms with Gasteiger partial charge in [-0.15, -0.1) is 0 Å². The molecule has 114 valence electrons. The number of halogens is 5. The monoisotopic (exact) mass is 393 g/mol. The lowest BCUT2D eigenvalue weighted by molar-refractivity contribution is 0.414. The fraction of sp³-hybridized carbons (Fsp3) is 0.133. The number of hydrogen-bond acceptors (Lipinski definition) is 2. The van der Waals surface area contributed by atoms with Gasteiger partial charge in [0.15, 0.2) is 0 Å². The Hall–Kier alpha value is -0.820. The number of nitriles is 1. The van der Waals surface area contributed by atoms with Crippen LogP contribution in [-0.4, -0.2) is 7.11 Å². The predicted molar refractivity (Wildman–Crippen MR) is 91.9 cm³/mol. The Labute approximate surface area is 153 Å². The molecule has 1 unspecified atom stereocenters. The van der Waals surface area contributed by atoms with Crippen LogP contribution in [0, 0.1) is 11.3 Å². The Morgan fingerprint density at radius 3 is 2.00 bits per heavy atom. The molecule has 0 saturated carbocycles. The molecule has 0 aromatic heterocycles. The molecule has 0 N–H and O–H groups in total. The van der Waals surface area contributed by atoms with Gasteiger partial charge in [-0.3, -0.25) is 0 Å². The maximum atomic E-state index is 9.57. The first kappa shape index (κ1) is 17.5. The van der Waals surface area contributed by atoms with E-state index in [0.717, 1.165) is 0 Å². The number of methoxy groups -OCH3 is 1. The topological polar surface area (TPSA) is 33.0 Å². The average Bonchev–Trinajstić information content (AvgIpc) is 2.55. The smallest absolute Gasteiger partial charge is 0.119 e. The summed E-state index contributed by atoms with van der Waals surface area (Å²) in [5.41, 5.74) is 0.971. The van der Waals surface area contributed by atoms with Crippen molar-refractivity contribution in [3.63, 3.8) is 0 Å². The van der Waals surface area contributed by atoms with Gasteiger partial charge in [-0.05, 0) is 17.7 Å². The summed E-state index contributed by atoms with van der Waals surface area (Å²) in [6.45, 7) is 0. The molecule has 0 saturated heterocycles. The van der Waals surface area contributed by atoms with Crippen molar-refractivity contribution in [2.24, 2.45) is 0 Å². The summed E-state index contributed by atoms with van der Waals surface area (Å²) in [4.78, 5) is 0. The zero-order valence-corrected chi connectivity index (χ0v) is 14.9. The van der Waals surface area contributed by atoms with Gasteiger partial charge in [-0.1, -0.05) is 70.1 Å². The highest BCUT2D eigenvalue weighted by molar-refractivity contribution is 6.55. The molecule has 0 aliphatic rings. The van der Waals surface area contributed by atoms with E-state index in [9.17, 15) is 5.26 Å². The largest absolute Gasteiger partial charge is 0.497 e. The second-order valence-corrected chi connectivity index (χ2v) is 6.21. The Bertz CT molecular complexity index is 740. The van der Waals surface area contributed by atoms with Gasteiger partial charge in [0.2, 0.25) is 0 Å². The van der Waals surface area contributed by atoms with E-state index in [-0.39, 0.29) is 25.1 Å². The first-order valence-electron chi connectivity index (χ1n) is 5.97. The standard InChI is InChI=1S/C15H8Cl5NO/c1-22-8-4-2-3-7(5-8)9(6-21)10-11(16)13(18)15(20)14(19)12(10)17/h2-5,9H,1H3. The molecule has 2 rings (SSSR count). The summed E-state index contributed by atoms with van der Waals surface area (Å²) in [5.74, 6) is -0.154. The highest BCUT2D eigenvalue weighted by Gasteiger charge is 2.26. The third-order valence-electron chi connectivity index (χ3n) is 3.09. The van der Waals surface area contributed by atoms with Crippen LogP contribution in [0.25, 0.3) is 0 Å². The zero-order chi connectivity index (χ0) is 16.4.